The van der Waals surface area contributed by atoms with Gasteiger partial charge in [-0.3, -0.25) is 4.31 Å². The fourth-order valence-corrected chi connectivity index (χ4v) is 4.84. The van der Waals surface area contributed by atoms with E-state index >= 15 is 0 Å². The van der Waals surface area contributed by atoms with Crippen LogP contribution in [0.4, 0.5) is 5.69 Å². The number of aromatic hydroxyl groups is 1. The summed E-state index contributed by atoms with van der Waals surface area (Å²) < 4.78 is 32.4. The molecule has 3 rings (SSSR count). The molecule has 0 saturated heterocycles. The highest BCUT2D eigenvalue weighted by molar-refractivity contribution is 7.92. The molecule has 1 aliphatic rings. The lowest BCUT2D eigenvalue weighted by Crippen LogP contribution is -2.42. The van der Waals surface area contributed by atoms with Crippen LogP contribution in [-0.2, 0) is 21.2 Å². The average Bonchev–Trinajstić information content (AvgIpc) is 2.60. The minimum Gasteiger partial charge on any atom is -0.507 e. The van der Waals surface area contributed by atoms with E-state index in [0.29, 0.717) is 12.1 Å². The zero-order valence-electron chi connectivity index (χ0n) is 14.0. The number of phenolic OH excluding ortho intramolecular Hbond substituents is 1. The summed E-state index contributed by atoms with van der Waals surface area (Å²) in [5, 5.41) is 9.81. The van der Waals surface area contributed by atoms with Crippen LogP contribution >= 0.6 is 0 Å². The van der Waals surface area contributed by atoms with E-state index in [1.165, 1.54) is 23.5 Å². The van der Waals surface area contributed by atoms with E-state index in [4.69, 9.17) is 0 Å². The highest BCUT2D eigenvalue weighted by Gasteiger charge is 2.34. The lowest BCUT2D eigenvalue weighted by Gasteiger charge is -2.36. The maximum atomic E-state index is 13.2. The molecule has 6 nitrogen and oxygen atoms in total. The Bertz CT molecular complexity index is 923. The molecule has 0 radical (unpaired) electrons. The zero-order chi connectivity index (χ0) is 18.2. The van der Waals surface area contributed by atoms with Gasteiger partial charge in [-0.1, -0.05) is 18.2 Å². The highest BCUT2D eigenvalue weighted by atomic mass is 32.2. The molecule has 1 heterocycles. The second-order valence-electron chi connectivity index (χ2n) is 5.99. The van der Waals surface area contributed by atoms with Gasteiger partial charge in [-0.05, 0) is 49.6 Å². The molecule has 0 spiro atoms. The fraction of sp³-hybridized carbons (Fsp3) is 0.278. The first-order valence-corrected chi connectivity index (χ1v) is 9.34. The van der Waals surface area contributed by atoms with Crippen molar-refractivity contribution in [2.75, 3.05) is 11.4 Å². The van der Waals surface area contributed by atoms with Crippen LogP contribution in [0.25, 0.3) is 0 Å². The van der Waals surface area contributed by atoms with Crippen LogP contribution in [0, 0.1) is 0 Å². The van der Waals surface area contributed by atoms with Gasteiger partial charge in [0.25, 0.3) is 10.0 Å². The van der Waals surface area contributed by atoms with E-state index in [2.05, 4.69) is 4.74 Å². The van der Waals surface area contributed by atoms with Gasteiger partial charge >= 0.3 is 5.97 Å². The van der Waals surface area contributed by atoms with Crippen molar-refractivity contribution in [3.8, 4) is 5.75 Å². The number of benzene rings is 2. The average molecular weight is 361 g/mol. The Kier molecular flexibility index (Phi) is 4.43. The molecule has 132 valence electrons. The number of aryl methyl sites for hydroxylation is 1. The van der Waals surface area contributed by atoms with E-state index in [1.54, 1.807) is 12.1 Å². The Hall–Kier alpha value is -2.54. The molecule has 0 fully saturated rings. The van der Waals surface area contributed by atoms with Crippen LogP contribution in [0.2, 0.25) is 0 Å². The van der Waals surface area contributed by atoms with Crippen molar-refractivity contribution in [1.82, 2.24) is 0 Å². The Labute approximate surface area is 146 Å². The Morgan fingerprint density at radius 1 is 1.24 bits per heavy atom. The van der Waals surface area contributed by atoms with Crippen molar-refractivity contribution >= 4 is 21.7 Å². The molecule has 1 aliphatic heterocycles. The van der Waals surface area contributed by atoms with Gasteiger partial charge < -0.3 is 9.84 Å². The Morgan fingerprint density at radius 2 is 1.96 bits per heavy atom. The Balaban J connectivity index is 2.13. The molecule has 1 unspecified atom stereocenters. The van der Waals surface area contributed by atoms with Crippen LogP contribution in [0.5, 0.6) is 5.75 Å². The van der Waals surface area contributed by atoms with Crippen LogP contribution in [0.3, 0.4) is 0 Å². The maximum absolute atomic E-state index is 13.2. The second-order valence-corrected chi connectivity index (χ2v) is 7.80. The van der Waals surface area contributed by atoms with Gasteiger partial charge in [-0.2, -0.15) is 0 Å². The molecule has 2 aromatic rings. The number of rotatable bonds is 3. The number of carbonyl (C=O) groups excluding carboxylic acids is 1. The molecule has 1 atom stereocenters. The van der Waals surface area contributed by atoms with Crippen LogP contribution in [-0.4, -0.2) is 32.6 Å². The van der Waals surface area contributed by atoms with Gasteiger partial charge in [-0.15, -0.1) is 0 Å². The minimum absolute atomic E-state index is 0.0609. The van der Waals surface area contributed by atoms with Crippen molar-refractivity contribution in [1.29, 1.82) is 0 Å². The summed E-state index contributed by atoms with van der Waals surface area (Å²) in [5.41, 5.74) is 1.44. The molecular weight excluding hydrogens is 342 g/mol. The van der Waals surface area contributed by atoms with Gasteiger partial charge in [0.2, 0.25) is 0 Å². The number of carbonyl (C=O) groups is 1. The van der Waals surface area contributed by atoms with Crippen molar-refractivity contribution in [3.05, 3.63) is 53.6 Å². The molecule has 2 aromatic carbocycles. The van der Waals surface area contributed by atoms with Gasteiger partial charge in [0.1, 0.15) is 11.3 Å². The number of fused-ring (bicyclic) bond motifs is 1. The summed E-state index contributed by atoms with van der Waals surface area (Å²) in [6, 6.07) is 10.8. The first kappa shape index (κ1) is 17.3. The summed E-state index contributed by atoms with van der Waals surface area (Å²) in [6.07, 6.45) is 1.52. The molecule has 1 N–H and O–H groups in total. The summed E-state index contributed by atoms with van der Waals surface area (Å²) in [4.78, 5) is 11.7. The van der Waals surface area contributed by atoms with Crippen LogP contribution < -0.4 is 4.31 Å². The van der Waals surface area contributed by atoms with Gasteiger partial charge in [0, 0.05) is 6.04 Å². The number of hydrogen-bond acceptors (Lipinski definition) is 5. The Morgan fingerprint density at radius 3 is 2.68 bits per heavy atom. The standard InChI is InChI=1S/C18H19NO5S/c1-12-7-8-13-5-3-4-6-16(13)19(12)25(22,23)14-9-10-17(20)15(11-14)18(21)24-2/h3-6,9-12,20H,7-8H2,1-2H3. The van der Waals surface area contributed by atoms with E-state index in [9.17, 15) is 18.3 Å². The monoisotopic (exact) mass is 361 g/mol. The van der Waals surface area contributed by atoms with Crippen molar-refractivity contribution in [2.24, 2.45) is 0 Å². The molecule has 25 heavy (non-hydrogen) atoms. The third kappa shape index (κ3) is 2.95. The van der Waals surface area contributed by atoms with E-state index in [0.717, 1.165) is 18.1 Å². The van der Waals surface area contributed by atoms with E-state index < -0.39 is 16.0 Å². The topological polar surface area (TPSA) is 83.9 Å². The number of nitrogens with zero attached hydrogens (tertiary/aromatic N) is 1. The molecule has 0 saturated carbocycles. The van der Waals surface area contributed by atoms with Crippen LogP contribution in [0.1, 0.15) is 29.3 Å². The van der Waals surface area contributed by atoms with Crippen molar-refractivity contribution in [2.45, 2.75) is 30.7 Å². The first-order valence-electron chi connectivity index (χ1n) is 7.90. The van der Waals surface area contributed by atoms with Gasteiger partial charge in [0.15, 0.2) is 0 Å². The number of esters is 1. The molecule has 0 aromatic heterocycles. The number of ether oxygens (including phenoxy) is 1. The number of methoxy groups -OCH3 is 1. The number of para-hydroxylation sites is 1. The smallest absolute Gasteiger partial charge is 0.341 e. The molecule has 0 amide bonds. The molecule has 7 heteroatoms. The summed E-state index contributed by atoms with van der Waals surface area (Å²) in [7, 11) is -2.72. The number of hydrogen-bond donors (Lipinski definition) is 1. The van der Waals surface area contributed by atoms with Crippen molar-refractivity contribution in [3.63, 3.8) is 0 Å². The minimum atomic E-state index is -3.89. The number of phenols is 1. The normalized spacial score (nSPS) is 17.0. The SMILES string of the molecule is COC(=O)c1cc(S(=O)(=O)N2c3ccccc3CCC2C)ccc1O. The second kappa shape index (κ2) is 6.40. The van der Waals surface area contributed by atoms with E-state index in [-0.39, 0.29) is 22.3 Å². The number of anilines is 1. The lowest BCUT2D eigenvalue weighted by atomic mass is 9.99. The third-order valence-corrected chi connectivity index (χ3v) is 6.32. The molecular formula is C18H19NO5S. The largest absolute Gasteiger partial charge is 0.507 e. The molecule has 0 aliphatic carbocycles. The summed E-state index contributed by atoms with van der Waals surface area (Å²) in [6.45, 7) is 1.86. The maximum Gasteiger partial charge on any atom is 0.341 e. The summed E-state index contributed by atoms with van der Waals surface area (Å²) >= 11 is 0. The van der Waals surface area contributed by atoms with Gasteiger partial charge in [0.05, 0.1) is 17.7 Å². The van der Waals surface area contributed by atoms with Crippen LogP contribution in [0.15, 0.2) is 47.4 Å². The van der Waals surface area contributed by atoms with Gasteiger partial charge in [-0.25, -0.2) is 13.2 Å². The fourth-order valence-electron chi connectivity index (χ4n) is 3.09. The van der Waals surface area contributed by atoms with Crippen molar-refractivity contribution < 1.29 is 23.1 Å². The predicted molar refractivity (Wildman–Crippen MR) is 93.3 cm³/mol. The summed E-state index contributed by atoms with van der Waals surface area (Å²) in [5.74, 6) is -1.11. The predicted octanol–water partition coefficient (Wildman–Crippen LogP) is 2.71. The lowest BCUT2D eigenvalue weighted by molar-refractivity contribution is 0.0597. The quantitative estimate of drug-likeness (QED) is 0.850. The number of sulfonamides is 1. The zero-order valence-corrected chi connectivity index (χ0v) is 14.8. The first-order chi connectivity index (χ1) is 11.9. The molecule has 0 bridgehead atoms. The van der Waals surface area contributed by atoms with E-state index in [1.807, 2.05) is 19.1 Å². The highest BCUT2D eigenvalue weighted by Crippen LogP contribution is 2.36. The third-order valence-electron chi connectivity index (χ3n) is 4.39.